The van der Waals surface area contributed by atoms with Crippen molar-refractivity contribution in [2.75, 3.05) is 39.3 Å². The summed E-state index contributed by atoms with van der Waals surface area (Å²) in [6, 6.07) is 3.61. The lowest BCUT2D eigenvalue weighted by atomic mass is 9.74. The molecule has 228 valence electrons. The van der Waals surface area contributed by atoms with Crippen LogP contribution in [0.25, 0.3) is 0 Å². The second kappa shape index (κ2) is 13.0. The predicted octanol–water partition coefficient (Wildman–Crippen LogP) is 7.97. The van der Waals surface area contributed by atoms with Crippen LogP contribution in [-0.4, -0.2) is 77.1 Å². The van der Waals surface area contributed by atoms with Crippen LogP contribution in [0.5, 0.6) is 0 Å². The molecule has 0 radical (unpaired) electrons. The first-order valence-electron chi connectivity index (χ1n) is 16.1. The number of halogens is 2. The summed E-state index contributed by atoms with van der Waals surface area (Å²) >= 11 is 12.9. The average Bonchev–Trinajstić information content (AvgIpc) is 2.94. The second-order valence-corrected chi connectivity index (χ2v) is 14.4. The number of hydrogen-bond donors (Lipinski definition) is 0. The van der Waals surface area contributed by atoms with Crippen LogP contribution in [0.3, 0.4) is 0 Å². The van der Waals surface area contributed by atoms with Crippen LogP contribution in [0.4, 0.5) is 4.79 Å². The van der Waals surface area contributed by atoms with Gasteiger partial charge in [0.05, 0.1) is 15.6 Å². The number of aryl methyl sites for hydroxylation is 1. The van der Waals surface area contributed by atoms with Gasteiger partial charge in [-0.05, 0) is 69.6 Å². The maximum atomic E-state index is 13.3. The highest BCUT2D eigenvalue weighted by Gasteiger charge is 2.51. The Morgan fingerprint density at radius 3 is 2.24 bits per heavy atom. The van der Waals surface area contributed by atoms with Crippen molar-refractivity contribution in [2.24, 2.45) is 11.8 Å². The van der Waals surface area contributed by atoms with Crippen molar-refractivity contribution in [1.82, 2.24) is 14.7 Å². The quantitative estimate of drug-likeness (QED) is 0.316. The van der Waals surface area contributed by atoms with Crippen LogP contribution in [0.2, 0.25) is 10.0 Å². The Bertz CT molecular complexity index is 1070. The smallest absolute Gasteiger partial charge is 0.410 e. The lowest BCUT2D eigenvalue weighted by Crippen LogP contribution is -2.63. The number of nitrogens with zero attached hydrogens (tertiary/aromatic N) is 3. The Balaban J connectivity index is 1.19. The Labute approximate surface area is 257 Å². The predicted molar refractivity (Wildman–Crippen MR) is 166 cm³/mol. The van der Waals surface area contributed by atoms with E-state index in [2.05, 4.69) is 23.6 Å². The highest BCUT2D eigenvalue weighted by molar-refractivity contribution is 6.39. The largest absolute Gasteiger partial charge is 0.442 e. The number of carbonyl (C=O) groups is 2. The third kappa shape index (κ3) is 6.70. The van der Waals surface area contributed by atoms with E-state index in [-0.39, 0.29) is 23.1 Å². The van der Waals surface area contributed by atoms with Crippen molar-refractivity contribution in [3.8, 4) is 0 Å². The van der Waals surface area contributed by atoms with E-state index in [4.69, 9.17) is 27.9 Å². The van der Waals surface area contributed by atoms with Gasteiger partial charge in [0.15, 0.2) is 0 Å². The SMILES string of the molecule is CCCCC1CN(CC2CCCCC2)C(=O)OC12CCN(C1(C)CCN(C(=O)c3c(Cl)cc(C)cc3Cl)CC1)CC2. The molecule has 1 unspecified atom stereocenters. The molecule has 0 N–H and O–H groups in total. The van der Waals surface area contributed by atoms with E-state index < -0.39 is 0 Å². The molecule has 3 saturated heterocycles. The molecule has 3 heterocycles. The fraction of sp³-hybridized carbons (Fsp3) is 0.758. The normalized spacial score (nSPS) is 25.4. The Hall–Kier alpha value is -1.50. The average molecular weight is 607 g/mol. The maximum Gasteiger partial charge on any atom is 0.410 e. The van der Waals surface area contributed by atoms with E-state index in [1.807, 2.05) is 11.8 Å². The Morgan fingerprint density at radius 1 is 1.00 bits per heavy atom. The van der Waals surface area contributed by atoms with Gasteiger partial charge in [0.1, 0.15) is 5.60 Å². The highest BCUT2D eigenvalue weighted by atomic mass is 35.5. The molecule has 1 atom stereocenters. The topological polar surface area (TPSA) is 53.1 Å². The van der Waals surface area contributed by atoms with Crippen molar-refractivity contribution >= 4 is 35.2 Å². The molecule has 2 amide bonds. The summed E-state index contributed by atoms with van der Waals surface area (Å²) < 4.78 is 6.46. The van der Waals surface area contributed by atoms with Crippen LogP contribution in [-0.2, 0) is 4.74 Å². The molecule has 0 bridgehead atoms. The molecule has 1 aliphatic carbocycles. The number of unbranched alkanes of at least 4 members (excludes halogenated alkanes) is 1. The minimum absolute atomic E-state index is 0.0177. The number of likely N-dealkylation sites (tertiary alicyclic amines) is 2. The zero-order chi connectivity index (χ0) is 29.2. The van der Waals surface area contributed by atoms with Crippen LogP contribution in [0, 0.1) is 18.8 Å². The van der Waals surface area contributed by atoms with E-state index in [1.54, 1.807) is 12.1 Å². The number of carbonyl (C=O) groups excluding carboxylic acids is 2. The monoisotopic (exact) mass is 605 g/mol. The molecule has 1 saturated carbocycles. The molecule has 5 rings (SSSR count). The van der Waals surface area contributed by atoms with Gasteiger partial charge in [-0.1, -0.05) is 62.2 Å². The van der Waals surface area contributed by atoms with Crippen LogP contribution in [0.1, 0.15) is 107 Å². The number of ether oxygens (including phenoxy) is 1. The van der Waals surface area contributed by atoms with E-state index in [0.717, 1.165) is 63.8 Å². The van der Waals surface area contributed by atoms with E-state index in [0.29, 0.717) is 40.5 Å². The summed E-state index contributed by atoms with van der Waals surface area (Å²) in [5.74, 6) is 0.960. The summed E-state index contributed by atoms with van der Waals surface area (Å²) in [5.41, 5.74) is 1.04. The van der Waals surface area contributed by atoms with Gasteiger partial charge in [0, 0.05) is 63.6 Å². The molecular formula is C33H49Cl2N3O3. The van der Waals surface area contributed by atoms with Gasteiger partial charge in [-0.3, -0.25) is 9.69 Å². The van der Waals surface area contributed by atoms with Crippen LogP contribution >= 0.6 is 23.2 Å². The summed E-state index contributed by atoms with van der Waals surface area (Å²) in [7, 11) is 0. The molecule has 4 aliphatic rings. The molecule has 8 heteroatoms. The lowest BCUT2D eigenvalue weighted by molar-refractivity contribution is -0.134. The maximum absolute atomic E-state index is 13.3. The fourth-order valence-corrected chi connectivity index (χ4v) is 8.73. The molecule has 0 aromatic heterocycles. The van der Waals surface area contributed by atoms with Crippen LogP contribution in [0.15, 0.2) is 12.1 Å². The zero-order valence-electron chi connectivity index (χ0n) is 25.4. The third-order valence-electron chi connectivity index (χ3n) is 10.7. The van der Waals surface area contributed by atoms with Gasteiger partial charge in [0.25, 0.3) is 5.91 Å². The molecule has 4 fully saturated rings. The summed E-state index contributed by atoms with van der Waals surface area (Å²) in [5, 5.41) is 0.846. The van der Waals surface area contributed by atoms with Crippen molar-refractivity contribution in [3.05, 3.63) is 33.3 Å². The number of amides is 2. The minimum atomic E-state index is -0.336. The highest BCUT2D eigenvalue weighted by Crippen LogP contribution is 2.44. The summed E-state index contributed by atoms with van der Waals surface area (Å²) in [6.07, 6.45) is 13.4. The molecular weight excluding hydrogens is 557 g/mol. The molecule has 41 heavy (non-hydrogen) atoms. The first-order chi connectivity index (χ1) is 19.6. The molecule has 1 spiro atoms. The van der Waals surface area contributed by atoms with Gasteiger partial charge >= 0.3 is 6.09 Å². The van der Waals surface area contributed by atoms with Gasteiger partial charge in [0.2, 0.25) is 0 Å². The van der Waals surface area contributed by atoms with E-state index in [9.17, 15) is 9.59 Å². The summed E-state index contributed by atoms with van der Waals surface area (Å²) in [6.45, 7) is 11.5. The lowest BCUT2D eigenvalue weighted by Gasteiger charge is -2.55. The third-order valence-corrected chi connectivity index (χ3v) is 11.3. The first-order valence-corrected chi connectivity index (χ1v) is 16.9. The Morgan fingerprint density at radius 2 is 1.63 bits per heavy atom. The van der Waals surface area contributed by atoms with Gasteiger partial charge in [-0.25, -0.2) is 4.79 Å². The summed E-state index contributed by atoms with van der Waals surface area (Å²) in [4.78, 5) is 33.2. The second-order valence-electron chi connectivity index (χ2n) is 13.6. The van der Waals surface area contributed by atoms with Gasteiger partial charge < -0.3 is 14.5 Å². The van der Waals surface area contributed by atoms with E-state index in [1.165, 1.54) is 44.9 Å². The van der Waals surface area contributed by atoms with E-state index >= 15 is 0 Å². The van der Waals surface area contributed by atoms with Crippen LogP contribution < -0.4 is 0 Å². The van der Waals surface area contributed by atoms with Crippen molar-refractivity contribution in [3.63, 3.8) is 0 Å². The van der Waals surface area contributed by atoms with Crippen molar-refractivity contribution in [2.45, 2.75) is 109 Å². The number of benzene rings is 1. The number of hydrogen-bond acceptors (Lipinski definition) is 4. The molecule has 1 aromatic carbocycles. The van der Waals surface area contributed by atoms with Crippen molar-refractivity contribution in [1.29, 1.82) is 0 Å². The van der Waals surface area contributed by atoms with Gasteiger partial charge in [-0.2, -0.15) is 0 Å². The van der Waals surface area contributed by atoms with Crippen molar-refractivity contribution < 1.29 is 14.3 Å². The minimum Gasteiger partial charge on any atom is -0.442 e. The number of rotatable bonds is 7. The zero-order valence-corrected chi connectivity index (χ0v) is 26.9. The standard InChI is InChI=1S/C33H49Cl2N3O3/c1-4-5-11-26-23-37(22-25-9-7-6-8-10-25)31(40)41-33(26)14-18-38(19-15-33)32(3)12-16-36(17-13-32)30(39)29-27(34)20-24(2)21-28(29)35/h20-21,25-26H,4-19,22-23H2,1-3H3. The molecule has 3 aliphatic heterocycles. The fourth-order valence-electron chi connectivity index (χ4n) is 7.97. The number of piperidine rings is 2. The molecule has 6 nitrogen and oxygen atoms in total. The Kier molecular flexibility index (Phi) is 9.82. The first kappa shape index (κ1) is 30.9. The molecule has 1 aromatic rings. The van der Waals surface area contributed by atoms with Gasteiger partial charge in [-0.15, -0.1) is 0 Å².